The van der Waals surface area contributed by atoms with Crippen LogP contribution < -0.4 is 9.47 Å². The Bertz CT molecular complexity index is 997. The first-order chi connectivity index (χ1) is 14.1. The van der Waals surface area contributed by atoms with Crippen LogP contribution in [-0.2, 0) is 5.67 Å². The van der Waals surface area contributed by atoms with Gasteiger partial charge in [0.1, 0.15) is 17.9 Å². The van der Waals surface area contributed by atoms with E-state index in [0.29, 0.717) is 28.6 Å². The van der Waals surface area contributed by atoms with Gasteiger partial charge in [-0.25, -0.2) is 14.4 Å². The Morgan fingerprint density at radius 1 is 1.03 bits per heavy atom. The standard InChI is InChI=1S/C21H20FN3O4/c22-21(14-6-7-23-20(8-14)27-15-2-1-3-15)10-16(11-21)28-19-5-4-13(12-24-19)17-9-18(26)25-29-17/h4-9,12,15-16H,1-3,10-11H2,(H,25,26)/t16-,21+. The van der Waals surface area contributed by atoms with E-state index in [1.54, 1.807) is 36.7 Å². The molecule has 0 radical (unpaired) electrons. The Kier molecular flexibility index (Phi) is 4.34. The summed E-state index contributed by atoms with van der Waals surface area (Å²) in [6, 6.07) is 8.23. The quantitative estimate of drug-likeness (QED) is 0.667. The SMILES string of the molecule is Oc1cc(-c2ccc(O[C@H]3C[C@](F)(c4ccnc(OC5CCC5)c4)C3)nc2)on1. The van der Waals surface area contributed by atoms with E-state index >= 15 is 4.39 Å². The maximum Gasteiger partial charge on any atom is 0.252 e. The third-order valence-electron chi connectivity index (χ3n) is 5.50. The molecule has 2 saturated carbocycles. The highest BCUT2D eigenvalue weighted by molar-refractivity contribution is 5.57. The summed E-state index contributed by atoms with van der Waals surface area (Å²) < 4.78 is 31.8. The fraction of sp³-hybridized carbons (Fsp3) is 0.381. The number of nitrogens with zero attached hydrogens (tertiary/aromatic N) is 3. The van der Waals surface area contributed by atoms with Gasteiger partial charge in [-0.15, -0.1) is 0 Å². The minimum Gasteiger partial charge on any atom is -0.491 e. The van der Waals surface area contributed by atoms with Crippen LogP contribution in [0.15, 0.2) is 47.2 Å². The smallest absolute Gasteiger partial charge is 0.252 e. The van der Waals surface area contributed by atoms with Gasteiger partial charge >= 0.3 is 0 Å². The van der Waals surface area contributed by atoms with Crippen molar-refractivity contribution in [3.63, 3.8) is 0 Å². The molecule has 0 saturated heterocycles. The van der Waals surface area contributed by atoms with Gasteiger partial charge in [0, 0.05) is 49.0 Å². The lowest BCUT2D eigenvalue weighted by Crippen LogP contribution is -2.44. The molecule has 2 aliphatic rings. The predicted octanol–water partition coefficient (Wildman–Crippen LogP) is 4.17. The monoisotopic (exact) mass is 397 g/mol. The number of hydrogen-bond donors (Lipinski definition) is 1. The van der Waals surface area contributed by atoms with Crippen LogP contribution in [0.25, 0.3) is 11.3 Å². The number of rotatable bonds is 6. The Labute approximate surface area is 166 Å². The highest BCUT2D eigenvalue weighted by Gasteiger charge is 2.48. The van der Waals surface area contributed by atoms with Gasteiger partial charge < -0.3 is 19.1 Å². The molecule has 8 heteroatoms. The summed E-state index contributed by atoms with van der Waals surface area (Å²) in [7, 11) is 0. The van der Waals surface area contributed by atoms with Crippen molar-refractivity contribution < 1.29 is 23.5 Å². The molecular weight excluding hydrogens is 377 g/mol. The Morgan fingerprint density at radius 2 is 1.86 bits per heavy atom. The minimum atomic E-state index is -1.44. The molecule has 0 spiro atoms. The van der Waals surface area contributed by atoms with Crippen molar-refractivity contribution in [1.82, 2.24) is 15.1 Å². The van der Waals surface area contributed by atoms with E-state index in [2.05, 4.69) is 15.1 Å². The molecule has 0 bridgehead atoms. The number of aromatic hydroxyl groups is 1. The summed E-state index contributed by atoms with van der Waals surface area (Å²) in [4.78, 5) is 8.42. The van der Waals surface area contributed by atoms with Crippen LogP contribution in [0.1, 0.15) is 37.7 Å². The average molecular weight is 397 g/mol. The lowest BCUT2D eigenvalue weighted by molar-refractivity contribution is -0.0488. The van der Waals surface area contributed by atoms with Crippen molar-refractivity contribution in [2.45, 2.75) is 50.0 Å². The molecule has 1 N–H and O–H groups in total. The second-order valence-corrected chi connectivity index (χ2v) is 7.60. The van der Waals surface area contributed by atoms with Crippen molar-refractivity contribution >= 4 is 0 Å². The van der Waals surface area contributed by atoms with Crippen molar-refractivity contribution in [3.8, 4) is 29.0 Å². The summed E-state index contributed by atoms with van der Waals surface area (Å²) >= 11 is 0. The van der Waals surface area contributed by atoms with Crippen LogP contribution in [0.4, 0.5) is 4.39 Å². The van der Waals surface area contributed by atoms with Gasteiger partial charge in [0.15, 0.2) is 5.76 Å². The van der Waals surface area contributed by atoms with Crippen LogP contribution in [-0.4, -0.2) is 32.4 Å². The Morgan fingerprint density at radius 3 is 2.52 bits per heavy atom. The van der Waals surface area contributed by atoms with Crippen LogP contribution in [0.2, 0.25) is 0 Å². The maximum absolute atomic E-state index is 15.3. The van der Waals surface area contributed by atoms with E-state index in [0.717, 1.165) is 12.8 Å². The van der Waals surface area contributed by atoms with Gasteiger partial charge in [0.05, 0.1) is 0 Å². The van der Waals surface area contributed by atoms with Crippen molar-refractivity contribution in [3.05, 3.63) is 48.3 Å². The molecule has 150 valence electrons. The van der Waals surface area contributed by atoms with E-state index in [9.17, 15) is 5.11 Å². The van der Waals surface area contributed by atoms with Gasteiger partial charge in [0.25, 0.3) is 5.88 Å². The van der Waals surface area contributed by atoms with Crippen LogP contribution in [0.5, 0.6) is 17.6 Å². The fourth-order valence-electron chi connectivity index (χ4n) is 3.56. The lowest BCUT2D eigenvalue weighted by atomic mass is 9.74. The fourth-order valence-corrected chi connectivity index (χ4v) is 3.56. The molecule has 2 fully saturated rings. The number of aromatic nitrogens is 3. The first-order valence-electron chi connectivity index (χ1n) is 9.68. The Balaban J connectivity index is 1.19. The summed E-state index contributed by atoms with van der Waals surface area (Å²) in [6.45, 7) is 0. The van der Waals surface area contributed by atoms with Gasteiger partial charge in [-0.1, -0.05) is 0 Å². The van der Waals surface area contributed by atoms with E-state index < -0.39 is 5.67 Å². The highest BCUT2D eigenvalue weighted by atomic mass is 19.1. The topological polar surface area (TPSA) is 90.5 Å². The molecule has 3 heterocycles. The van der Waals surface area contributed by atoms with Crippen molar-refractivity contribution in [2.24, 2.45) is 0 Å². The molecule has 29 heavy (non-hydrogen) atoms. The molecule has 5 rings (SSSR count). The zero-order valence-electron chi connectivity index (χ0n) is 15.6. The first kappa shape index (κ1) is 17.9. The summed E-state index contributed by atoms with van der Waals surface area (Å²) in [5.74, 6) is 1.12. The van der Waals surface area contributed by atoms with E-state index in [4.69, 9.17) is 14.0 Å². The lowest BCUT2D eigenvalue weighted by Gasteiger charge is -2.41. The maximum atomic E-state index is 15.3. The molecule has 7 nitrogen and oxygen atoms in total. The number of halogens is 1. The van der Waals surface area contributed by atoms with E-state index in [-0.39, 0.29) is 30.9 Å². The Hall–Kier alpha value is -3.16. The minimum absolute atomic E-state index is 0.188. The van der Waals surface area contributed by atoms with E-state index in [1.807, 2.05) is 0 Å². The zero-order chi connectivity index (χ0) is 19.8. The zero-order valence-corrected chi connectivity index (χ0v) is 15.6. The number of alkyl halides is 1. The summed E-state index contributed by atoms with van der Waals surface area (Å²) in [5, 5.41) is 12.7. The van der Waals surface area contributed by atoms with Gasteiger partial charge in [-0.05, 0) is 42.1 Å². The first-order valence-corrected chi connectivity index (χ1v) is 9.68. The summed E-state index contributed by atoms with van der Waals surface area (Å²) in [5.41, 5.74) is -0.202. The second kappa shape index (κ2) is 7.02. The molecule has 0 amide bonds. The van der Waals surface area contributed by atoms with Gasteiger partial charge in [-0.3, -0.25) is 0 Å². The molecule has 3 aromatic rings. The number of ether oxygens (including phenoxy) is 2. The summed E-state index contributed by atoms with van der Waals surface area (Å²) in [6.07, 6.45) is 6.85. The van der Waals surface area contributed by atoms with Crippen LogP contribution >= 0.6 is 0 Å². The van der Waals surface area contributed by atoms with Crippen molar-refractivity contribution in [1.29, 1.82) is 0 Å². The average Bonchev–Trinajstić information content (AvgIpc) is 3.10. The van der Waals surface area contributed by atoms with Crippen LogP contribution in [0, 0.1) is 0 Å². The predicted molar refractivity (Wildman–Crippen MR) is 100 cm³/mol. The normalized spacial score (nSPS) is 23.8. The van der Waals surface area contributed by atoms with Crippen molar-refractivity contribution in [2.75, 3.05) is 0 Å². The van der Waals surface area contributed by atoms with Gasteiger partial charge in [-0.2, -0.15) is 0 Å². The molecule has 0 aliphatic heterocycles. The molecule has 2 aliphatic carbocycles. The largest absolute Gasteiger partial charge is 0.491 e. The third-order valence-corrected chi connectivity index (χ3v) is 5.50. The number of pyridine rings is 2. The molecule has 3 aromatic heterocycles. The molecular formula is C21H20FN3O4. The molecule has 0 atom stereocenters. The molecule has 0 unspecified atom stereocenters. The highest BCUT2D eigenvalue weighted by Crippen LogP contribution is 2.47. The third kappa shape index (κ3) is 3.62. The number of hydrogen-bond acceptors (Lipinski definition) is 7. The van der Waals surface area contributed by atoms with Gasteiger partial charge in [0.2, 0.25) is 11.8 Å². The molecule has 0 aromatic carbocycles. The van der Waals surface area contributed by atoms with E-state index in [1.165, 1.54) is 12.5 Å². The van der Waals surface area contributed by atoms with Crippen LogP contribution in [0.3, 0.4) is 0 Å². The second-order valence-electron chi connectivity index (χ2n) is 7.60.